The van der Waals surface area contributed by atoms with Gasteiger partial charge in [0.1, 0.15) is 5.52 Å². The minimum absolute atomic E-state index is 0.0928. The van der Waals surface area contributed by atoms with Gasteiger partial charge in [0.25, 0.3) is 5.82 Å². The number of hydrogen-bond donors (Lipinski definition) is 0. The minimum atomic E-state index is 0.0928. The standard InChI is InChI=1S/C26H32BN2/c1-17-12-11-15-22-24(17)18(2)16-23(28(22)8)29-19(3)20-13-9-10-14-21(20)25(27(29)7)26(4,5)6/h9-16H,1-8H3/q+1. The SMILES string of the molecule is CB1C(C(C)(C)C)=c2ccccc2=C(C)N1c1cc(C)c2c(C)cccc2[n+]1C. The van der Waals surface area contributed by atoms with Crippen LogP contribution in [0.5, 0.6) is 0 Å². The molecule has 0 atom stereocenters. The van der Waals surface area contributed by atoms with Crippen molar-refractivity contribution in [3.05, 3.63) is 70.1 Å². The van der Waals surface area contributed by atoms with Crippen LogP contribution < -0.4 is 19.8 Å². The highest BCUT2D eigenvalue weighted by Crippen LogP contribution is 2.34. The Balaban J connectivity index is 2.08. The highest BCUT2D eigenvalue weighted by molar-refractivity contribution is 6.81. The van der Waals surface area contributed by atoms with Crippen LogP contribution in [-0.4, -0.2) is 6.85 Å². The van der Waals surface area contributed by atoms with Crippen molar-refractivity contribution in [3.8, 4) is 0 Å². The van der Waals surface area contributed by atoms with E-state index in [4.69, 9.17) is 0 Å². The van der Waals surface area contributed by atoms with Gasteiger partial charge in [-0.2, -0.15) is 0 Å². The molecule has 2 heterocycles. The third kappa shape index (κ3) is 2.99. The fraction of sp³-hybridized carbons (Fsp3) is 0.346. The molecular formula is C26H32BN2+. The van der Waals surface area contributed by atoms with E-state index in [1.807, 2.05) is 0 Å². The molecule has 0 aliphatic carbocycles. The Morgan fingerprint density at radius 3 is 2.17 bits per heavy atom. The molecule has 29 heavy (non-hydrogen) atoms. The second-order valence-electron chi connectivity index (χ2n) is 9.55. The van der Waals surface area contributed by atoms with E-state index in [1.54, 1.807) is 0 Å². The fourth-order valence-electron chi connectivity index (χ4n) is 5.37. The van der Waals surface area contributed by atoms with Crippen molar-refractivity contribution in [2.24, 2.45) is 12.5 Å². The summed E-state index contributed by atoms with van der Waals surface area (Å²) in [7, 11) is 2.20. The Morgan fingerprint density at radius 1 is 0.862 bits per heavy atom. The Bertz CT molecular complexity index is 1250. The molecule has 2 nitrogen and oxygen atoms in total. The van der Waals surface area contributed by atoms with Gasteiger partial charge in [-0.3, -0.25) is 4.81 Å². The Morgan fingerprint density at radius 2 is 1.52 bits per heavy atom. The predicted molar refractivity (Wildman–Crippen MR) is 126 cm³/mol. The Kier molecular flexibility index (Phi) is 4.61. The lowest BCUT2D eigenvalue weighted by Gasteiger charge is -2.34. The number of benzene rings is 2. The molecular weight excluding hydrogens is 351 g/mol. The number of hydrogen-bond acceptors (Lipinski definition) is 1. The normalized spacial score (nSPS) is 14.6. The summed E-state index contributed by atoms with van der Waals surface area (Å²) < 4.78 is 2.36. The van der Waals surface area contributed by atoms with Gasteiger partial charge < -0.3 is 0 Å². The largest absolute Gasteiger partial charge is 0.406 e. The van der Waals surface area contributed by atoms with Gasteiger partial charge in [0.15, 0.2) is 0 Å². The fourth-order valence-corrected chi connectivity index (χ4v) is 5.37. The van der Waals surface area contributed by atoms with Crippen LogP contribution in [0.1, 0.15) is 38.8 Å². The zero-order chi connectivity index (χ0) is 21.1. The quantitative estimate of drug-likeness (QED) is 0.449. The summed E-state index contributed by atoms with van der Waals surface area (Å²) in [6.45, 7) is 16.4. The number of nitrogens with zero attached hydrogens (tertiary/aromatic N) is 2. The van der Waals surface area contributed by atoms with Crippen molar-refractivity contribution in [2.75, 3.05) is 4.81 Å². The molecule has 0 amide bonds. The van der Waals surface area contributed by atoms with Crippen LogP contribution >= 0.6 is 0 Å². The van der Waals surface area contributed by atoms with Crippen LogP contribution in [0.3, 0.4) is 0 Å². The van der Waals surface area contributed by atoms with Crippen molar-refractivity contribution < 1.29 is 4.57 Å². The van der Waals surface area contributed by atoms with Crippen molar-refractivity contribution in [2.45, 2.75) is 48.4 Å². The van der Waals surface area contributed by atoms with Crippen LogP contribution in [-0.2, 0) is 7.05 Å². The predicted octanol–water partition coefficient (Wildman–Crippen LogP) is 4.29. The van der Waals surface area contributed by atoms with Gasteiger partial charge in [-0.05, 0) is 60.9 Å². The molecule has 0 N–H and O–H groups in total. The van der Waals surface area contributed by atoms with Crippen LogP contribution in [0, 0.1) is 19.3 Å². The Labute approximate surface area is 175 Å². The first kappa shape index (κ1) is 19.8. The molecule has 0 bridgehead atoms. The third-order valence-electron chi connectivity index (χ3n) is 6.52. The smallest absolute Gasteiger partial charge is 0.290 e. The molecule has 1 aromatic heterocycles. The number of aromatic nitrogens is 1. The van der Waals surface area contributed by atoms with Crippen molar-refractivity contribution >= 4 is 34.7 Å². The highest BCUT2D eigenvalue weighted by atomic mass is 15.2. The first-order valence-corrected chi connectivity index (χ1v) is 10.6. The van der Waals surface area contributed by atoms with Gasteiger partial charge in [-0.1, -0.05) is 57.2 Å². The molecule has 0 radical (unpaired) electrons. The van der Waals surface area contributed by atoms with E-state index in [-0.39, 0.29) is 12.3 Å². The molecule has 3 heteroatoms. The van der Waals surface area contributed by atoms with Gasteiger partial charge in [0.2, 0.25) is 0 Å². The van der Waals surface area contributed by atoms with E-state index >= 15 is 0 Å². The van der Waals surface area contributed by atoms with Crippen molar-refractivity contribution in [1.29, 1.82) is 0 Å². The monoisotopic (exact) mass is 383 g/mol. The lowest BCUT2D eigenvalue weighted by atomic mass is 9.47. The molecule has 0 saturated heterocycles. The van der Waals surface area contributed by atoms with Crippen LogP contribution in [0.15, 0.2) is 48.5 Å². The molecule has 2 aromatic carbocycles. The summed E-state index contributed by atoms with van der Waals surface area (Å²) in [5.74, 6) is 1.25. The maximum absolute atomic E-state index is 2.54. The van der Waals surface area contributed by atoms with Gasteiger partial charge in [-0.15, -0.1) is 0 Å². The van der Waals surface area contributed by atoms with Crippen molar-refractivity contribution in [1.82, 2.24) is 0 Å². The summed E-state index contributed by atoms with van der Waals surface area (Å²) in [4.78, 5) is 2.54. The van der Waals surface area contributed by atoms with Gasteiger partial charge >= 0.3 is 6.85 Å². The topological polar surface area (TPSA) is 7.12 Å². The summed E-state index contributed by atoms with van der Waals surface area (Å²) in [6, 6.07) is 17.9. The third-order valence-corrected chi connectivity index (χ3v) is 6.52. The van der Waals surface area contributed by atoms with E-state index in [2.05, 4.69) is 113 Å². The van der Waals surface area contributed by atoms with Gasteiger partial charge in [0, 0.05) is 16.7 Å². The zero-order valence-corrected chi connectivity index (χ0v) is 19.1. The average Bonchev–Trinajstić information content (AvgIpc) is 2.64. The lowest BCUT2D eigenvalue weighted by Crippen LogP contribution is -2.55. The van der Waals surface area contributed by atoms with Crippen LogP contribution in [0.25, 0.3) is 22.1 Å². The second-order valence-corrected chi connectivity index (χ2v) is 9.55. The number of aryl methyl sites for hydroxylation is 3. The number of rotatable bonds is 1. The maximum Gasteiger partial charge on any atom is 0.406 e. The number of fused-ring (bicyclic) bond motifs is 2. The first-order valence-electron chi connectivity index (χ1n) is 10.6. The summed E-state index contributed by atoms with van der Waals surface area (Å²) in [5, 5.41) is 4.11. The van der Waals surface area contributed by atoms with Crippen molar-refractivity contribution in [3.63, 3.8) is 0 Å². The van der Waals surface area contributed by atoms with E-state index < -0.39 is 0 Å². The average molecular weight is 383 g/mol. The molecule has 4 rings (SSSR count). The molecule has 0 fully saturated rings. The number of anilines is 1. The minimum Gasteiger partial charge on any atom is -0.290 e. The Hall–Kier alpha value is -2.55. The van der Waals surface area contributed by atoms with E-state index in [0.29, 0.717) is 0 Å². The second kappa shape index (κ2) is 6.76. The highest BCUT2D eigenvalue weighted by Gasteiger charge is 2.41. The van der Waals surface area contributed by atoms with Crippen LogP contribution in [0.4, 0.5) is 5.82 Å². The molecule has 3 aromatic rings. The maximum atomic E-state index is 2.54. The molecule has 1 aliphatic heterocycles. The lowest BCUT2D eigenvalue weighted by molar-refractivity contribution is -0.631. The summed E-state index contributed by atoms with van der Waals surface area (Å²) in [5.41, 5.74) is 6.87. The first-order chi connectivity index (χ1) is 13.6. The van der Waals surface area contributed by atoms with Crippen LogP contribution in [0.2, 0.25) is 6.82 Å². The molecule has 1 aliphatic rings. The molecule has 0 spiro atoms. The summed E-state index contributed by atoms with van der Waals surface area (Å²) >= 11 is 0. The molecule has 0 saturated carbocycles. The van der Waals surface area contributed by atoms with E-state index in [0.717, 1.165) is 0 Å². The van der Waals surface area contributed by atoms with Gasteiger partial charge in [-0.25, -0.2) is 4.57 Å². The molecule has 148 valence electrons. The summed E-state index contributed by atoms with van der Waals surface area (Å²) in [6.07, 6.45) is 0. The number of pyridine rings is 1. The molecule has 0 unspecified atom stereocenters. The van der Waals surface area contributed by atoms with E-state index in [1.165, 1.54) is 49.5 Å². The zero-order valence-electron chi connectivity index (χ0n) is 19.1. The van der Waals surface area contributed by atoms with Gasteiger partial charge in [0.05, 0.1) is 12.7 Å². The van der Waals surface area contributed by atoms with E-state index in [9.17, 15) is 0 Å².